The standard InChI is InChI=1S/C17H20N2O3S2/c1-12-8-10-14(11-9-12)24(21,22)19-13(2)17(20)18-15-6-4-5-7-16(15)23-3/h4-11,13,19H,1-3H3,(H,18,20). The maximum atomic E-state index is 12.3. The van der Waals surface area contributed by atoms with Crippen molar-refractivity contribution in [1.82, 2.24) is 4.72 Å². The molecule has 2 aromatic rings. The van der Waals surface area contributed by atoms with Crippen molar-refractivity contribution in [3.8, 4) is 0 Å². The maximum absolute atomic E-state index is 12.3. The van der Waals surface area contributed by atoms with Gasteiger partial charge in [0, 0.05) is 4.90 Å². The molecule has 0 aliphatic heterocycles. The molecule has 0 aliphatic rings. The largest absolute Gasteiger partial charge is 0.324 e. The molecule has 2 N–H and O–H groups in total. The van der Waals surface area contributed by atoms with E-state index in [0.717, 1.165) is 10.5 Å². The number of amides is 1. The minimum Gasteiger partial charge on any atom is -0.324 e. The predicted molar refractivity (Wildman–Crippen MR) is 97.8 cm³/mol. The number of carbonyl (C=O) groups is 1. The van der Waals surface area contributed by atoms with Crippen molar-refractivity contribution >= 4 is 33.4 Å². The van der Waals surface area contributed by atoms with Crippen LogP contribution in [-0.4, -0.2) is 26.6 Å². The molecular weight excluding hydrogens is 344 g/mol. The van der Waals surface area contributed by atoms with E-state index in [9.17, 15) is 13.2 Å². The second-order valence-corrected chi connectivity index (χ2v) is 7.91. The van der Waals surface area contributed by atoms with Gasteiger partial charge in [0.2, 0.25) is 15.9 Å². The summed E-state index contributed by atoms with van der Waals surface area (Å²) in [7, 11) is -3.75. The Kier molecular flexibility index (Phi) is 6.04. The van der Waals surface area contributed by atoms with Crippen LogP contribution in [0.3, 0.4) is 0 Å². The fourth-order valence-electron chi connectivity index (χ4n) is 2.06. The number of rotatable bonds is 6. The molecule has 0 radical (unpaired) electrons. The molecule has 0 heterocycles. The molecule has 0 aromatic heterocycles. The summed E-state index contributed by atoms with van der Waals surface area (Å²) >= 11 is 1.51. The fraction of sp³-hybridized carbons (Fsp3) is 0.235. The molecule has 0 saturated carbocycles. The third-order valence-electron chi connectivity index (χ3n) is 3.42. The zero-order chi connectivity index (χ0) is 17.7. The molecule has 2 aromatic carbocycles. The summed E-state index contributed by atoms with van der Waals surface area (Å²) in [5.41, 5.74) is 1.63. The third kappa shape index (κ3) is 4.59. The second-order valence-electron chi connectivity index (χ2n) is 5.35. The molecule has 24 heavy (non-hydrogen) atoms. The van der Waals surface area contributed by atoms with Gasteiger partial charge in [0.25, 0.3) is 0 Å². The van der Waals surface area contributed by atoms with Crippen LogP contribution in [0.1, 0.15) is 12.5 Å². The van der Waals surface area contributed by atoms with E-state index in [1.165, 1.54) is 30.8 Å². The highest BCUT2D eigenvalue weighted by atomic mass is 32.2. The van der Waals surface area contributed by atoms with Crippen LogP contribution in [0.5, 0.6) is 0 Å². The van der Waals surface area contributed by atoms with Gasteiger partial charge in [-0.15, -0.1) is 11.8 Å². The number of thioether (sulfide) groups is 1. The highest BCUT2D eigenvalue weighted by molar-refractivity contribution is 7.98. The molecule has 7 heteroatoms. The SMILES string of the molecule is CSc1ccccc1NC(=O)C(C)NS(=O)(=O)c1ccc(C)cc1. The second kappa shape index (κ2) is 7.83. The summed E-state index contributed by atoms with van der Waals surface area (Å²) in [5.74, 6) is -0.410. The van der Waals surface area contributed by atoms with Crippen LogP contribution in [0, 0.1) is 6.92 Å². The molecule has 1 atom stereocenters. The van der Waals surface area contributed by atoms with E-state index in [2.05, 4.69) is 10.0 Å². The van der Waals surface area contributed by atoms with Crippen LogP contribution in [0.15, 0.2) is 58.3 Å². The van der Waals surface area contributed by atoms with Gasteiger partial charge in [-0.3, -0.25) is 4.79 Å². The average molecular weight is 364 g/mol. The van der Waals surface area contributed by atoms with E-state index in [4.69, 9.17) is 0 Å². The van der Waals surface area contributed by atoms with Crippen LogP contribution in [0.4, 0.5) is 5.69 Å². The predicted octanol–water partition coefficient (Wildman–Crippen LogP) is 3.02. The number of para-hydroxylation sites is 1. The van der Waals surface area contributed by atoms with Gasteiger partial charge in [-0.2, -0.15) is 4.72 Å². The Morgan fingerprint density at radius 2 is 1.71 bits per heavy atom. The number of hydrogen-bond acceptors (Lipinski definition) is 4. The lowest BCUT2D eigenvalue weighted by atomic mass is 10.2. The molecule has 1 unspecified atom stereocenters. The number of benzene rings is 2. The number of aryl methyl sites for hydroxylation is 1. The summed E-state index contributed by atoms with van der Waals surface area (Å²) in [5, 5.41) is 2.76. The number of hydrogen-bond donors (Lipinski definition) is 2. The van der Waals surface area contributed by atoms with Crippen molar-refractivity contribution in [3.63, 3.8) is 0 Å². The monoisotopic (exact) mass is 364 g/mol. The minimum atomic E-state index is -3.75. The molecule has 1 amide bonds. The van der Waals surface area contributed by atoms with Gasteiger partial charge in [0.15, 0.2) is 0 Å². The van der Waals surface area contributed by atoms with E-state index in [0.29, 0.717) is 5.69 Å². The van der Waals surface area contributed by atoms with Gasteiger partial charge >= 0.3 is 0 Å². The third-order valence-corrected chi connectivity index (χ3v) is 5.77. The topological polar surface area (TPSA) is 75.3 Å². The van der Waals surface area contributed by atoms with Crippen LogP contribution < -0.4 is 10.0 Å². The Hall–Kier alpha value is -1.83. The van der Waals surface area contributed by atoms with Gasteiger partial charge < -0.3 is 5.32 Å². The van der Waals surface area contributed by atoms with Crippen molar-refractivity contribution < 1.29 is 13.2 Å². The molecule has 0 bridgehead atoms. The van der Waals surface area contributed by atoms with E-state index in [1.807, 2.05) is 31.4 Å². The van der Waals surface area contributed by atoms with E-state index < -0.39 is 22.0 Å². The summed E-state index contributed by atoms with van der Waals surface area (Å²) in [6.07, 6.45) is 1.91. The Balaban J connectivity index is 2.09. The first-order chi connectivity index (χ1) is 11.3. The summed E-state index contributed by atoms with van der Waals surface area (Å²) in [4.78, 5) is 13.3. The fourth-order valence-corrected chi connectivity index (χ4v) is 3.82. The van der Waals surface area contributed by atoms with Crippen LogP contribution in [0.2, 0.25) is 0 Å². The first-order valence-corrected chi connectivity index (χ1v) is 10.1. The molecule has 0 spiro atoms. The lowest BCUT2D eigenvalue weighted by Crippen LogP contribution is -2.41. The minimum absolute atomic E-state index is 0.136. The summed E-state index contributed by atoms with van der Waals surface area (Å²) in [6, 6.07) is 12.9. The molecule has 2 rings (SSSR count). The number of anilines is 1. The zero-order valence-electron chi connectivity index (χ0n) is 13.7. The first kappa shape index (κ1) is 18.5. The smallest absolute Gasteiger partial charge is 0.242 e. The van der Waals surface area contributed by atoms with Crippen LogP contribution >= 0.6 is 11.8 Å². The Morgan fingerprint density at radius 3 is 2.33 bits per heavy atom. The van der Waals surface area contributed by atoms with Gasteiger partial charge in [0.05, 0.1) is 16.6 Å². The number of nitrogens with one attached hydrogen (secondary N) is 2. The highest BCUT2D eigenvalue weighted by Gasteiger charge is 2.22. The van der Waals surface area contributed by atoms with E-state index in [1.54, 1.807) is 18.2 Å². The van der Waals surface area contributed by atoms with Gasteiger partial charge in [-0.25, -0.2) is 8.42 Å². The Labute approximate surface area is 146 Å². The molecule has 0 saturated heterocycles. The Bertz CT molecular complexity index is 818. The Morgan fingerprint density at radius 1 is 1.08 bits per heavy atom. The van der Waals surface area contributed by atoms with Gasteiger partial charge in [0.1, 0.15) is 0 Å². The summed E-state index contributed by atoms with van der Waals surface area (Å²) in [6.45, 7) is 3.39. The van der Waals surface area contributed by atoms with Crippen molar-refractivity contribution in [2.24, 2.45) is 0 Å². The zero-order valence-corrected chi connectivity index (χ0v) is 15.4. The number of sulfonamides is 1. The van der Waals surface area contributed by atoms with Crippen molar-refractivity contribution in [1.29, 1.82) is 0 Å². The number of carbonyl (C=O) groups excluding carboxylic acids is 1. The van der Waals surface area contributed by atoms with E-state index in [-0.39, 0.29) is 4.90 Å². The van der Waals surface area contributed by atoms with Crippen LogP contribution in [-0.2, 0) is 14.8 Å². The van der Waals surface area contributed by atoms with Crippen LogP contribution in [0.25, 0.3) is 0 Å². The molecule has 128 valence electrons. The molecular formula is C17H20N2O3S2. The van der Waals surface area contributed by atoms with Gasteiger partial charge in [-0.1, -0.05) is 29.8 Å². The highest BCUT2D eigenvalue weighted by Crippen LogP contribution is 2.24. The van der Waals surface area contributed by atoms with Crippen molar-refractivity contribution in [2.75, 3.05) is 11.6 Å². The lowest BCUT2D eigenvalue weighted by molar-refractivity contribution is -0.117. The summed E-state index contributed by atoms with van der Waals surface area (Å²) < 4.78 is 27.1. The average Bonchev–Trinajstić information content (AvgIpc) is 2.55. The first-order valence-electron chi connectivity index (χ1n) is 7.36. The van der Waals surface area contributed by atoms with E-state index >= 15 is 0 Å². The lowest BCUT2D eigenvalue weighted by Gasteiger charge is -2.16. The quantitative estimate of drug-likeness (QED) is 0.773. The normalized spacial score (nSPS) is 12.6. The maximum Gasteiger partial charge on any atom is 0.242 e. The molecule has 0 fully saturated rings. The molecule has 5 nitrogen and oxygen atoms in total. The molecule has 0 aliphatic carbocycles. The van der Waals surface area contributed by atoms with Crippen molar-refractivity contribution in [3.05, 3.63) is 54.1 Å². The van der Waals surface area contributed by atoms with Crippen molar-refractivity contribution in [2.45, 2.75) is 29.7 Å². The van der Waals surface area contributed by atoms with Gasteiger partial charge in [-0.05, 0) is 44.4 Å².